The highest BCUT2D eigenvalue weighted by molar-refractivity contribution is 6.15. The van der Waals surface area contributed by atoms with Gasteiger partial charge in [-0.1, -0.05) is 30.3 Å². The van der Waals surface area contributed by atoms with Crippen LogP contribution >= 0.6 is 0 Å². The zero-order valence-electron chi connectivity index (χ0n) is 8.81. The first-order chi connectivity index (χ1) is 7.83. The van der Waals surface area contributed by atoms with Crippen LogP contribution in [-0.2, 0) is 4.79 Å². The topological polar surface area (TPSA) is 41.5 Å². The summed E-state index contributed by atoms with van der Waals surface area (Å²) >= 11 is 0. The highest BCUT2D eigenvalue weighted by Gasteiger charge is 2.33. The average Bonchev–Trinajstić information content (AvgIpc) is 3.07. The van der Waals surface area contributed by atoms with E-state index in [2.05, 4.69) is 10.3 Å². The molecule has 0 bridgehead atoms. The minimum absolute atomic E-state index is 0.0780. The first kappa shape index (κ1) is 9.33. The summed E-state index contributed by atoms with van der Waals surface area (Å²) in [7, 11) is 0. The van der Waals surface area contributed by atoms with E-state index in [0.29, 0.717) is 11.6 Å². The summed E-state index contributed by atoms with van der Waals surface area (Å²) in [6.07, 6.45) is 4.13. The molecular weight excluding hydrogens is 200 g/mol. The Morgan fingerprint density at radius 3 is 2.69 bits per heavy atom. The highest BCUT2D eigenvalue weighted by Crippen LogP contribution is 2.32. The summed E-state index contributed by atoms with van der Waals surface area (Å²) < 4.78 is 0. The van der Waals surface area contributed by atoms with Crippen molar-refractivity contribution in [3.63, 3.8) is 0 Å². The Balaban J connectivity index is 1.89. The van der Waals surface area contributed by atoms with Gasteiger partial charge >= 0.3 is 0 Å². The number of aliphatic imine (C=N–C) groups is 1. The van der Waals surface area contributed by atoms with E-state index >= 15 is 0 Å². The van der Waals surface area contributed by atoms with Crippen LogP contribution in [0.4, 0.5) is 0 Å². The number of hydrogen-bond acceptors (Lipinski definition) is 2. The van der Waals surface area contributed by atoms with Crippen LogP contribution in [0.5, 0.6) is 0 Å². The van der Waals surface area contributed by atoms with Gasteiger partial charge in [0, 0.05) is 5.92 Å². The van der Waals surface area contributed by atoms with E-state index < -0.39 is 0 Å². The molecule has 0 radical (unpaired) electrons. The van der Waals surface area contributed by atoms with Crippen molar-refractivity contribution in [2.75, 3.05) is 0 Å². The number of nitrogens with zero attached hydrogens (tertiary/aromatic N) is 1. The monoisotopic (exact) mass is 212 g/mol. The second-order valence-corrected chi connectivity index (χ2v) is 4.17. The third-order valence-corrected chi connectivity index (χ3v) is 2.78. The number of benzene rings is 1. The molecule has 0 saturated heterocycles. The Morgan fingerprint density at radius 1 is 1.25 bits per heavy atom. The van der Waals surface area contributed by atoms with Gasteiger partial charge in [0.1, 0.15) is 11.5 Å². The molecule has 3 heteroatoms. The number of amides is 1. The van der Waals surface area contributed by atoms with Gasteiger partial charge in [0.25, 0.3) is 5.91 Å². The minimum atomic E-state index is -0.0780. The van der Waals surface area contributed by atoms with Gasteiger partial charge in [-0.3, -0.25) is 4.79 Å². The zero-order chi connectivity index (χ0) is 11.0. The maximum absolute atomic E-state index is 11.6. The molecule has 0 atom stereocenters. The lowest BCUT2D eigenvalue weighted by Crippen LogP contribution is -2.25. The Labute approximate surface area is 93.9 Å². The largest absolute Gasteiger partial charge is 0.308 e. The van der Waals surface area contributed by atoms with Gasteiger partial charge in [-0.25, -0.2) is 4.99 Å². The molecule has 1 amide bonds. The van der Waals surface area contributed by atoms with Gasteiger partial charge in [0.15, 0.2) is 0 Å². The summed E-state index contributed by atoms with van der Waals surface area (Å²) in [5.41, 5.74) is 1.53. The molecule has 1 fully saturated rings. The van der Waals surface area contributed by atoms with Gasteiger partial charge in [0.05, 0.1) is 0 Å². The van der Waals surface area contributed by atoms with E-state index in [9.17, 15) is 4.79 Å². The van der Waals surface area contributed by atoms with Crippen molar-refractivity contribution in [2.24, 2.45) is 10.9 Å². The van der Waals surface area contributed by atoms with Crippen molar-refractivity contribution in [2.45, 2.75) is 12.8 Å². The Kier molecular flexibility index (Phi) is 2.10. The van der Waals surface area contributed by atoms with Gasteiger partial charge < -0.3 is 5.32 Å². The molecule has 0 unspecified atom stereocenters. The standard InChI is InChI=1S/C13H12N2O/c16-13-11(8-9-4-2-1-3-5-9)14-12(15-13)10-6-7-10/h1-5,8,10H,6-7H2,(H,14,15,16)/b11-8-. The maximum Gasteiger partial charge on any atom is 0.275 e. The summed E-state index contributed by atoms with van der Waals surface area (Å²) in [5.74, 6) is 1.27. The van der Waals surface area contributed by atoms with Crippen molar-refractivity contribution in [1.29, 1.82) is 0 Å². The van der Waals surface area contributed by atoms with Gasteiger partial charge in [0.2, 0.25) is 0 Å². The lowest BCUT2D eigenvalue weighted by Gasteiger charge is -1.93. The van der Waals surface area contributed by atoms with Crippen molar-refractivity contribution >= 4 is 17.8 Å². The van der Waals surface area contributed by atoms with Crippen molar-refractivity contribution < 1.29 is 4.79 Å². The van der Waals surface area contributed by atoms with Crippen LogP contribution in [0.15, 0.2) is 41.0 Å². The van der Waals surface area contributed by atoms with E-state index in [0.717, 1.165) is 24.2 Å². The van der Waals surface area contributed by atoms with Crippen LogP contribution < -0.4 is 5.32 Å². The van der Waals surface area contributed by atoms with Crippen molar-refractivity contribution in [1.82, 2.24) is 5.32 Å². The third-order valence-electron chi connectivity index (χ3n) is 2.78. The van der Waals surface area contributed by atoms with Crippen LogP contribution in [0.1, 0.15) is 18.4 Å². The predicted octanol–water partition coefficient (Wildman–Crippen LogP) is 1.97. The number of rotatable bonds is 2. The summed E-state index contributed by atoms with van der Waals surface area (Å²) in [5, 5.41) is 2.83. The third kappa shape index (κ3) is 1.76. The fourth-order valence-electron chi connectivity index (χ4n) is 1.74. The molecule has 80 valence electrons. The van der Waals surface area contributed by atoms with E-state index in [1.165, 1.54) is 0 Å². The van der Waals surface area contributed by atoms with E-state index in [1.54, 1.807) is 0 Å². The first-order valence-electron chi connectivity index (χ1n) is 5.49. The molecule has 1 aliphatic carbocycles. The number of nitrogens with one attached hydrogen (secondary N) is 1. The fourth-order valence-corrected chi connectivity index (χ4v) is 1.74. The highest BCUT2D eigenvalue weighted by atomic mass is 16.2. The fraction of sp³-hybridized carbons (Fsp3) is 0.231. The molecule has 3 rings (SSSR count). The molecule has 3 nitrogen and oxygen atoms in total. The molecule has 1 N–H and O–H groups in total. The van der Waals surface area contributed by atoms with Crippen LogP contribution in [0.3, 0.4) is 0 Å². The molecule has 0 aromatic heterocycles. The Bertz CT molecular complexity index is 484. The molecule has 1 saturated carbocycles. The van der Waals surface area contributed by atoms with Gasteiger partial charge in [-0.2, -0.15) is 0 Å². The van der Waals surface area contributed by atoms with Gasteiger partial charge in [-0.05, 0) is 24.5 Å². The molecule has 1 aromatic rings. The Hall–Kier alpha value is -1.90. The molecule has 2 aliphatic rings. The number of carbonyl (C=O) groups excluding carboxylic acids is 1. The predicted molar refractivity (Wildman–Crippen MR) is 62.7 cm³/mol. The smallest absolute Gasteiger partial charge is 0.275 e. The normalized spacial score (nSPS) is 22.1. The van der Waals surface area contributed by atoms with Crippen molar-refractivity contribution in [3.05, 3.63) is 41.6 Å². The van der Waals surface area contributed by atoms with Crippen molar-refractivity contribution in [3.8, 4) is 0 Å². The SMILES string of the molecule is O=C1NC(C2CC2)=N/C1=C\c1ccccc1. The van der Waals surface area contributed by atoms with Crippen LogP contribution in [0.2, 0.25) is 0 Å². The van der Waals surface area contributed by atoms with Crippen LogP contribution in [0.25, 0.3) is 6.08 Å². The molecule has 16 heavy (non-hydrogen) atoms. The van der Waals surface area contributed by atoms with E-state index in [1.807, 2.05) is 36.4 Å². The summed E-state index contributed by atoms with van der Waals surface area (Å²) in [6, 6.07) is 9.78. The van der Waals surface area contributed by atoms with Gasteiger partial charge in [-0.15, -0.1) is 0 Å². The first-order valence-corrected chi connectivity index (χ1v) is 5.49. The molecule has 1 aromatic carbocycles. The zero-order valence-corrected chi connectivity index (χ0v) is 8.81. The molecule has 0 spiro atoms. The number of amidine groups is 1. The summed E-state index contributed by atoms with van der Waals surface area (Å²) in [4.78, 5) is 16.0. The second kappa shape index (κ2) is 3.59. The molecule has 1 heterocycles. The molecule has 1 aliphatic heterocycles. The lowest BCUT2D eigenvalue weighted by molar-refractivity contribution is -0.115. The van der Waals surface area contributed by atoms with E-state index in [4.69, 9.17) is 0 Å². The van der Waals surface area contributed by atoms with Crippen LogP contribution in [0, 0.1) is 5.92 Å². The number of carbonyl (C=O) groups is 1. The number of hydrogen-bond donors (Lipinski definition) is 1. The quantitative estimate of drug-likeness (QED) is 0.748. The maximum atomic E-state index is 11.6. The van der Waals surface area contributed by atoms with E-state index in [-0.39, 0.29) is 5.91 Å². The minimum Gasteiger partial charge on any atom is -0.308 e. The lowest BCUT2D eigenvalue weighted by atomic mass is 10.2. The second-order valence-electron chi connectivity index (χ2n) is 4.17. The van der Waals surface area contributed by atoms with Crippen LogP contribution in [-0.4, -0.2) is 11.7 Å². The Morgan fingerprint density at radius 2 is 2.00 bits per heavy atom. The molecular formula is C13H12N2O. The summed E-state index contributed by atoms with van der Waals surface area (Å²) in [6.45, 7) is 0. The average molecular weight is 212 g/mol.